The van der Waals surface area contributed by atoms with E-state index in [0.717, 1.165) is 17.1 Å². The van der Waals surface area contributed by atoms with Gasteiger partial charge in [-0.15, -0.1) is 0 Å². The van der Waals surface area contributed by atoms with Crippen molar-refractivity contribution < 1.29 is 0 Å². The molecule has 0 bridgehead atoms. The van der Waals surface area contributed by atoms with Crippen LogP contribution in [-0.2, 0) is 0 Å². The van der Waals surface area contributed by atoms with Gasteiger partial charge in [0.25, 0.3) is 0 Å². The molecule has 1 aromatic carbocycles. The summed E-state index contributed by atoms with van der Waals surface area (Å²) in [5.74, 6) is 0.737. The molecule has 1 saturated carbocycles. The summed E-state index contributed by atoms with van der Waals surface area (Å²) in [5.41, 5.74) is 5.21. The number of allylic oxidation sites excluding steroid dienone is 3. The molecule has 1 aliphatic rings. The highest BCUT2D eigenvalue weighted by Gasteiger charge is 2.10. The molecule has 22 heavy (non-hydrogen) atoms. The van der Waals surface area contributed by atoms with Crippen molar-refractivity contribution in [1.82, 2.24) is 5.32 Å². The first-order chi connectivity index (χ1) is 10.6. The van der Waals surface area contributed by atoms with Gasteiger partial charge in [-0.05, 0) is 60.9 Å². The molecule has 2 heteroatoms. The highest BCUT2D eigenvalue weighted by molar-refractivity contribution is 5.72. The van der Waals surface area contributed by atoms with Crippen LogP contribution in [0, 0.1) is 24.2 Å². The number of hydrogen-bond acceptors (Lipinski definition) is 2. The molecule has 0 spiro atoms. The molecule has 0 saturated heterocycles. The summed E-state index contributed by atoms with van der Waals surface area (Å²) in [6, 6.07) is 8.75. The van der Waals surface area contributed by atoms with Gasteiger partial charge in [-0.25, -0.2) is 0 Å². The Morgan fingerprint density at radius 2 is 1.95 bits per heavy atom. The lowest BCUT2D eigenvalue weighted by Crippen LogP contribution is -2.06. The second kappa shape index (κ2) is 7.84. The van der Waals surface area contributed by atoms with Crippen LogP contribution < -0.4 is 5.32 Å². The monoisotopic (exact) mass is 294 g/mol. The smallest absolute Gasteiger partial charge is 0.117 e. The maximum absolute atomic E-state index is 9.19. The van der Waals surface area contributed by atoms with Crippen LogP contribution in [0.25, 0.3) is 11.6 Å². The number of rotatable bonds is 4. The summed E-state index contributed by atoms with van der Waals surface area (Å²) >= 11 is 0. The minimum Gasteiger partial charge on any atom is -0.379 e. The summed E-state index contributed by atoms with van der Waals surface area (Å²) in [7, 11) is 1.79. The van der Waals surface area contributed by atoms with E-state index in [4.69, 9.17) is 0 Å². The minimum atomic E-state index is 0.632. The second-order valence-corrected chi connectivity index (χ2v) is 6.25. The molecule has 1 fully saturated rings. The zero-order chi connectivity index (χ0) is 15.9. The van der Waals surface area contributed by atoms with E-state index in [9.17, 15) is 5.26 Å². The number of nitrogens with zero attached hydrogens (tertiary/aromatic N) is 1. The van der Waals surface area contributed by atoms with E-state index in [-0.39, 0.29) is 0 Å². The van der Waals surface area contributed by atoms with Crippen LogP contribution in [0.2, 0.25) is 0 Å². The first kappa shape index (κ1) is 16.4. The molecule has 2 nitrogen and oxygen atoms in total. The molecule has 0 aliphatic heterocycles. The third kappa shape index (κ3) is 4.24. The number of nitrogens with one attached hydrogen (secondary N) is 1. The Balaban J connectivity index is 2.25. The van der Waals surface area contributed by atoms with Gasteiger partial charge in [0, 0.05) is 7.05 Å². The Morgan fingerprint density at radius 3 is 2.59 bits per heavy atom. The van der Waals surface area contributed by atoms with Gasteiger partial charge >= 0.3 is 0 Å². The molecular formula is C20H26N2. The molecule has 116 valence electrons. The van der Waals surface area contributed by atoms with Crippen molar-refractivity contribution in [2.75, 3.05) is 7.05 Å². The predicted molar refractivity (Wildman–Crippen MR) is 94.1 cm³/mol. The zero-order valence-corrected chi connectivity index (χ0v) is 13.9. The van der Waals surface area contributed by atoms with Gasteiger partial charge in [0.05, 0.1) is 0 Å². The Bertz CT molecular complexity index is 611. The third-order valence-electron chi connectivity index (χ3n) is 4.48. The van der Waals surface area contributed by atoms with Gasteiger partial charge in [0.15, 0.2) is 0 Å². The molecule has 0 heterocycles. The van der Waals surface area contributed by atoms with Crippen molar-refractivity contribution >= 4 is 11.6 Å². The van der Waals surface area contributed by atoms with Crippen LogP contribution in [0.1, 0.15) is 55.7 Å². The molecule has 1 N–H and O–H groups in total. The summed E-state index contributed by atoms with van der Waals surface area (Å²) in [5, 5.41) is 12.2. The summed E-state index contributed by atoms with van der Waals surface area (Å²) in [6.07, 6.45) is 11.4. The van der Waals surface area contributed by atoms with Gasteiger partial charge in [-0.3, -0.25) is 0 Å². The zero-order valence-electron chi connectivity index (χ0n) is 13.9. The summed E-state index contributed by atoms with van der Waals surface area (Å²) in [4.78, 5) is 0. The first-order valence-electron chi connectivity index (χ1n) is 8.23. The van der Waals surface area contributed by atoms with E-state index in [2.05, 4.69) is 48.7 Å². The SMILES string of the molecule is CN/C(C#N)=C(\C)c1cc(C)cc(/C=C/C2CCCCC2)c1. The fraction of sp³-hybridized carbons (Fsp3) is 0.450. The van der Waals surface area contributed by atoms with Crippen molar-refractivity contribution in [3.63, 3.8) is 0 Å². The fourth-order valence-corrected chi connectivity index (χ4v) is 3.17. The van der Waals surface area contributed by atoms with Crippen LogP contribution in [0.15, 0.2) is 30.0 Å². The Hall–Kier alpha value is -2.01. The maximum atomic E-state index is 9.19. The van der Waals surface area contributed by atoms with Gasteiger partial charge in [-0.1, -0.05) is 43.5 Å². The van der Waals surface area contributed by atoms with Crippen LogP contribution >= 0.6 is 0 Å². The molecule has 1 aromatic rings. The van der Waals surface area contributed by atoms with Crippen molar-refractivity contribution in [2.24, 2.45) is 5.92 Å². The van der Waals surface area contributed by atoms with Crippen molar-refractivity contribution in [2.45, 2.75) is 46.0 Å². The molecule has 0 atom stereocenters. The highest BCUT2D eigenvalue weighted by Crippen LogP contribution is 2.26. The molecule has 0 aromatic heterocycles. The van der Waals surface area contributed by atoms with Gasteiger partial charge in [0.1, 0.15) is 11.8 Å². The average Bonchev–Trinajstić information content (AvgIpc) is 2.54. The molecule has 2 rings (SSSR count). The van der Waals surface area contributed by atoms with E-state index in [1.54, 1.807) is 7.05 Å². The van der Waals surface area contributed by atoms with Gasteiger partial charge < -0.3 is 5.32 Å². The van der Waals surface area contributed by atoms with E-state index < -0.39 is 0 Å². The fourth-order valence-electron chi connectivity index (χ4n) is 3.17. The normalized spacial score (nSPS) is 17.2. The Kier molecular flexibility index (Phi) is 5.83. The molecule has 0 unspecified atom stereocenters. The second-order valence-electron chi connectivity index (χ2n) is 6.25. The number of hydrogen-bond donors (Lipinski definition) is 1. The lowest BCUT2D eigenvalue weighted by Gasteiger charge is -2.17. The lowest BCUT2D eigenvalue weighted by molar-refractivity contribution is 0.420. The maximum Gasteiger partial charge on any atom is 0.117 e. The number of benzene rings is 1. The van der Waals surface area contributed by atoms with Crippen LogP contribution in [-0.4, -0.2) is 7.05 Å². The quantitative estimate of drug-likeness (QED) is 0.788. The van der Waals surface area contributed by atoms with E-state index in [0.29, 0.717) is 5.70 Å². The highest BCUT2D eigenvalue weighted by atomic mass is 14.8. The number of nitriles is 1. The van der Waals surface area contributed by atoms with Crippen molar-refractivity contribution in [3.8, 4) is 6.07 Å². The Labute approximate surface area is 134 Å². The molecule has 0 radical (unpaired) electrons. The number of aryl methyl sites for hydroxylation is 1. The average molecular weight is 294 g/mol. The van der Waals surface area contributed by atoms with Crippen LogP contribution in [0.5, 0.6) is 0 Å². The molecule has 1 aliphatic carbocycles. The van der Waals surface area contributed by atoms with Crippen molar-refractivity contribution in [1.29, 1.82) is 5.26 Å². The van der Waals surface area contributed by atoms with E-state index in [1.165, 1.54) is 43.2 Å². The third-order valence-corrected chi connectivity index (χ3v) is 4.48. The van der Waals surface area contributed by atoms with Crippen molar-refractivity contribution in [3.05, 3.63) is 46.7 Å². The standard InChI is InChI=1S/C20H26N2/c1-15-11-18(10-9-17-7-5-4-6-8-17)13-19(12-15)16(2)20(14-21)22-3/h9-13,17,22H,4-8H2,1-3H3/b10-9+,20-16+. The van der Waals surface area contributed by atoms with E-state index >= 15 is 0 Å². The van der Waals surface area contributed by atoms with E-state index in [1.807, 2.05) is 6.92 Å². The molecule has 0 amide bonds. The molecular weight excluding hydrogens is 268 g/mol. The topological polar surface area (TPSA) is 35.8 Å². The Morgan fingerprint density at radius 1 is 1.23 bits per heavy atom. The summed E-state index contributed by atoms with van der Waals surface area (Å²) < 4.78 is 0. The van der Waals surface area contributed by atoms with Crippen LogP contribution in [0.4, 0.5) is 0 Å². The minimum absolute atomic E-state index is 0.632. The summed E-state index contributed by atoms with van der Waals surface area (Å²) in [6.45, 7) is 4.11. The van der Waals surface area contributed by atoms with Gasteiger partial charge in [0.2, 0.25) is 0 Å². The largest absolute Gasteiger partial charge is 0.379 e. The lowest BCUT2D eigenvalue weighted by atomic mass is 9.88. The predicted octanol–water partition coefficient (Wildman–Crippen LogP) is 5.06. The van der Waals surface area contributed by atoms with Gasteiger partial charge in [-0.2, -0.15) is 5.26 Å². The van der Waals surface area contributed by atoms with Crippen LogP contribution in [0.3, 0.4) is 0 Å². The first-order valence-corrected chi connectivity index (χ1v) is 8.23.